The van der Waals surface area contributed by atoms with E-state index in [-0.39, 0.29) is 23.8 Å². The van der Waals surface area contributed by atoms with Gasteiger partial charge in [0.2, 0.25) is 5.78 Å². The minimum Gasteiger partial charge on any atom is -0.504 e. The van der Waals surface area contributed by atoms with Crippen molar-refractivity contribution in [3.63, 3.8) is 0 Å². The molecule has 14 heavy (non-hydrogen) atoms. The number of nitrogens with two attached hydrogens (primary N) is 1. The summed E-state index contributed by atoms with van der Waals surface area (Å²) < 4.78 is 5.17. The van der Waals surface area contributed by atoms with E-state index in [1.807, 2.05) is 0 Å². The molecular formula is C10H9NO3. The molecule has 4 heteroatoms. The first-order valence-electron chi connectivity index (χ1n) is 4.17. The summed E-state index contributed by atoms with van der Waals surface area (Å²) in [5, 5.41) is 10.1. The average Bonchev–Trinajstić information content (AvgIpc) is 2.62. The lowest BCUT2D eigenvalue weighted by Gasteiger charge is -1.91. The quantitative estimate of drug-likeness (QED) is 0.701. The zero-order valence-electron chi connectivity index (χ0n) is 7.36. The van der Waals surface area contributed by atoms with Gasteiger partial charge in [-0.3, -0.25) is 4.79 Å². The number of carbonyl (C=O) groups is 1. The molecule has 0 atom stereocenters. The van der Waals surface area contributed by atoms with Crippen LogP contribution in [0.5, 0.6) is 5.75 Å². The minimum absolute atomic E-state index is 0.0265. The predicted molar refractivity (Wildman–Crippen MR) is 51.3 cm³/mol. The highest BCUT2D eigenvalue weighted by atomic mass is 16.4. The van der Waals surface area contributed by atoms with E-state index in [2.05, 4.69) is 0 Å². The fraction of sp³-hybridized carbons (Fsp3) is 0.100. The highest BCUT2D eigenvalue weighted by molar-refractivity contribution is 5.99. The van der Waals surface area contributed by atoms with Gasteiger partial charge in [0.15, 0.2) is 17.1 Å². The topological polar surface area (TPSA) is 76.5 Å². The predicted octanol–water partition coefficient (Wildman–Crippen LogP) is 1.28. The molecule has 0 spiro atoms. The lowest BCUT2D eigenvalue weighted by molar-refractivity contribution is 0.0977. The number of hydrogen-bond acceptors (Lipinski definition) is 4. The van der Waals surface area contributed by atoms with Crippen molar-refractivity contribution in [3.8, 4) is 5.75 Å². The Hall–Kier alpha value is -1.81. The third-order valence-electron chi connectivity index (χ3n) is 1.98. The van der Waals surface area contributed by atoms with E-state index in [1.165, 1.54) is 6.07 Å². The first-order chi connectivity index (χ1) is 6.72. The molecule has 0 aliphatic carbocycles. The van der Waals surface area contributed by atoms with Crippen molar-refractivity contribution in [1.29, 1.82) is 0 Å². The smallest absolute Gasteiger partial charge is 0.211 e. The second-order valence-electron chi connectivity index (χ2n) is 2.93. The Morgan fingerprint density at radius 2 is 2.29 bits per heavy atom. The number of rotatable bonds is 2. The van der Waals surface area contributed by atoms with Gasteiger partial charge in [0.1, 0.15) is 0 Å². The van der Waals surface area contributed by atoms with E-state index in [9.17, 15) is 9.90 Å². The van der Waals surface area contributed by atoms with E-state index in [4.69, 9.17) is 10.2 Å². The summed E-state index contributed by atoms with van der Waals surface area (Å²) in [6.07, 6.45) is 0. The molecule has 2 aromatic rings. The number of para-hydroxylation sites is 1. The summed E-state index contributed by atoms with van der Waals surface area (Å²) in [5.41, 5.74) is 5.52. The van der Waals surface area contributed by atoms with E-state index in [1.54, 1.807) is 18.2 Å². The molecule has 4 nitrogen and oxygen atoms in total. The fourth-order valence-electron chi connectivity index (χ4n) is 1.29. The van der Waals surface area contributed by atoms with Crippen LogP contribution in [0.3, 0.4) is 0 Å². The number of phenolic OH excluding ortho intramolecular Hbond substituents is 1. The van der Waals surface area contributed by atoms with Crippen LogP contribution in [0.4, 0.5) is 0 Å². The lowest BCUT2D eigenvalue weighted by atomic mass is 10.2. The van der Waals surface area contributed by atoms with Gasteiger partial charge in [-0.2, -0.15) is 0 Å². The van der Waals surface area contributed by atoms with Gasteiger partial charge in [0.25, 0.3) is 0 Å². The maximum atomic E-state index is 11.2. The molecule has 3 N–H and O–H groups in total. The van der Waals surface area contributed by atoms with Gasteiger partial charge in [-0.05, 0) is 12.1 Å². The molecule has 2 rings (SSSR count). The SMILES string of the molecule is NCC(=O)c1cc2cccc(O)c2o1. The van der Waals surface area contributed by atoms with Crippen LogP contribution in [-0.4, -0.2) is 17.4 Å². The Balaban J connectivity index is 2.62. The van der Waals surface area contributed by atoms with Crippen LogP contribution in [-0.2, 0) is 0 Å². The Labute approximate surface area is 79.9 Å². The van der Waals surface area contributed by atoms with Gasteiger partial charge in [0.05, 0.1) is 6.54 Å². The number of furan rings is 1. The zero-order chi connectivity index (χ0) is 10.1. The summed E-state index contributed by atoms with van der Waals surface area (Å²) in [4.78, 5) is 11.2. The zero-order valence-corrected chi connectivity index (χ0v) is 7.36. The van der Waals surface area contributed by atoms with Crippen LogP contribution in [0.25, 0.3) is 11.0 Å². The first-order valence-corrected chi connectivity index (χ1v) is 4.17. The minimum atomic E-state index is -0.277. The Kier molecular flexibility index (Phi) is 1.98. The Morgan fingerprint density at radius 1 is 1.50 bits per heavy atom. The monoisotopic (exact) mass is 191 g/mol. The molecule has 0 unspecified atom stereocenters. The number of aromatic hydroxyl groups is 1. The fourth-order valence-corrected chi connectivity index (χ4v) is 1.29. The number of hydrogen-bond donors (Lipinski definition) is 2. The maximum absolute atomic E-state index is 11.2. The van der Waals surface area contributed by atoms with E-state index in [0.717, 1.165) is 0 Å². The summed E-state index contributed by atoms with van der Waals surface area (Å²) in [6, 6.07) is 6.52. The van der Waals surface area contributed by atoms with Gasteiger partial charge in [0, 0.05) is 5.39 Å². The molecular weight excluding hydrogens is 182 g/mol. The number of benzene rings is 1. The van der Waals surface area contributed by atoms with Crippen LogP contribution in [0.2, 0.25) is 0 Å². The molecule has 0 bridgehead atoms. The molecule has 1 aromatic carbocycles. The molecule has 1 aromatic heterocycles. The number of Topliss-reactive ketones (excluding diaryl/α,β-unsaturated/α-hetero) is 1. The standard InChI is InChI=1S/C10H9NO3/c11-5-8(13)9-4-6-2-1-3-7(12)10(6)14-9/h1-4,12H,5,11H2. The van der Waals surface area contributed by atoms with E-state index < -0.39 is 0 Å². The van der Waals surface area contributed by atoms with Crippen molar-refractivity contribution in [3.05, 3.63) is 30.0 Å². The van der Waals surface area contributed by atoms with E-state index in [0.29, 0.717) is 11.0 Å². The number of carbonyl (C=O) groups excluding carboxylic acids is 1. The average molecular weight is 191 g/mol. The summed E-state index contributed by atoms with van der Waals surface area (Å²) in [7, 11) is 0. The molecule has 0 aliphatic heterocycles. The molecule has 0 fully saturated rings. The third-order valence-corrected chi connectivity index (χ3v) is 1.98. The molecule has 0 amide bonds. The van der Waals surface area contributed by atoms with Gasteiger partial charge in [-0.1, -0.05) is 12.1 Å². The lowest BCUT2D eigenvalue weighted by Crippen LogP contribution is -2.12. The van der Waals surface area contributed by atoms with Gasteiger partial charge in [-0.15, -0.1) is 0 Å². The second kappa shape index (κ2) is 3.16. The molecule has 0 saturated carbocycles. The second-order valence-corrected chi connectivity index (χ2v) is 2.93. The Morgan fingerprint density at radius 3 is 2.93 bits per heavy atom. The highest BCUT2D eigenvalue weighted by Gasteiger charge is 2.12. The van der Waals surface area contributed by atoms with Crippen molar-refractivity contribution < 1.29 is 14.3 Å². The van der Waals surface area contributed by atoms with Crippen molar-refractivity contribution in [2.45, 2.75) is 0 Å². The van der Waals surface area contributed by atoms with Gasteiger partial charge in [-0.25, -0.2) is 0 Å². The van der Waals surface area contributed by atoms with Gasteiger partial charge < -0.3 is 15.3 Å². The maximum Gasteiger partial charge on any atom is 0.211 e. The van der Waals surface area contributed by atoms with Crippen molar-refractivity contribution in [2.24, 2.45) is 5.73 Å². The van der Waals surface area contributed by atoms with Crippen molar-refractivity contribution >= 4 is 16.8 Å². The largest absolute Gasteiger partial charge is 0.504 e. The van der Waals surface area contributed by atoms with E-state index >= 15 is 0 Å². The third kappa shape index (κ3) is 1.25. The van der Waals surface area contributed by atoms with Crippen LogP contribution >= 0.6 is 0 Å². The molecule has 0 aliphatic rings. The van der Waals surface area contributed by atoms with Gasteiger partial charge >= 0.3 is 0 Å². The molecule has 0 radical (unpaired) electrons. The van der Waals surface area contributed by atoms with Crippen molar-refractivity contribution in [1.82, 2.24) is 0 Å². The molecule has 1 heterocycles. The summed E-state index contributed by atoms with van der Waals surface area (Å²) in [6.45, 7) is -0.0966. The van der Waals surface area contributed by atoms with Crippen molar-refractivity contribution in [2.75, 3.05) is 6.54 Å². The highest BCUT2D eigenvalue weighted by Crippen LogP contribution is 2.27. The number of ketones is 1. The van der Waals surface area contributed by atoms with Crippen LogP contribution in [0, 0.1) is 0 Å². The summed E-state index contributed by atoms with van der Waals surface area (Å²) >= 11 is 0. The first kappa shape index (κ1) is 8.77. The number of fused-ring (bicyclic) bond motifs is 1. The number of phenols is 1. The van der Waals surface area contributed by atoms with Crippen LogP contribution in [0.1, 0.15) is 10.6 Å². The molecule has 0 saturated heterocycles. The van der Waals surface area contributed by atoms with Crippen LogP contribution in [0.15, 0.2) is 28.7 Å². The normalized spacial score (nSPS) is 10.6. The summed E-state index contributed by atoms with van der Waals surface area (Å²) in [5.74, 6) is -0.0665. The van der Waals surface area contributed by atoms with Crippen LogP contribution < -0.4 is 5.73 Å². The Bertz CT molecular complexity index is 487. The molecule has 72 valence electrons.